The maximum absolute atomic E-state index is 12.6. The van der Waals surface area contributed by atoms with E-state index in [2.05, 4.69) is 5.10 Å². The Balaban J connectivity index is 1.69. The van der Waals surface area contributed by atoms with Crippen molar-refractivity contribution >= 4 is 15.9 Å². The SMILES string of the molecule is Cn1cc(C(=O)N2CCC[C@H](N(C3CCC3)S(C)(=O)=O)CC2)cn1. The fraction of sp³-hybridized carbons (Fsp3) is 0.750. The van der Waals surface area contributed by atoms with Gasteiger partial charge in [-0.2, -0.15) is 9.40 Å². The molecule has 134 valence electrons. The van der Waals surface area contributed by atoms with Gasteiger partial charge < -0.3 is 4.90 Å². The van der Waals surface area contributed by atoms with Crippen molar-refractivity contribution in [3.63, 3.8) is 0 Å². The molecule has 7 nitrogen and oxygen atoms in total. The number of hydrogen-bond donors (Lipinski definition) is 0. The summed E-state index contributed by atoms with van der Waals surface area (Å²) in [6, 6.07) is 0.169. The molecule has 3 rings (SSSR count). The van der Waals surface area contributed by atoms with Gasteiger partial charge in [0.2, 0.25) is 10.0 Å². The van der Waals surface area contributed by atoms with Crippen molar-refractivity contribution in [3.8, 4) is 0 Å². The molecule has 2 aliphatic rings. The van der Waals surface area contributed by atoms with E-state index in [1.165, 1.54) is 6.26 Å². The first kappa shape index (κ1) is 17.4. The molecule has 1 atom stereocenters. The summed E-state index contributed by atoms with van der Waals surface area (Å²) in [5.74, 6) is -0.0155. The second-order valence-electron chi connectivity index (χ2n) is 6.96. The van der Waals surface area contributed by atoms with Gasteiger partial charge in [-0.1, -0.05) is 6.42 Å². The van der Waals surface area contributed by atoms with Gasteiger partial charge in [-0.25, -0.2) is 8.42 Å². The summed E-state index contributed by atoms with van der Waals surface area (Å²) in [7, 11) is -1.42. The Labute approximate surface area is 143 Å². The van der Waals surface area contributed by atoms with Gasteiger partial charge in [-0.15, -0.1) is 0 Å². The van der Waals surface area contributed by atoms with Crippen LogP contribution in [0.1, 0.15) is 48.9 Å². The van der Waals surface area contributed by atoms with E-state index in [9.17, 15) is 13.2 Å². The minimum Gasteiger partial charge on any atom is -0.338 e. The molecule has 1 saturated carbocycles. The number of hydrogen-bond acceptors (Lipinski definition) is 4. The van der Waals surface area contributed by atoms with Crippen LogP contribution in [0.4, 0.5) is 0 Å². The van der Waals surface area contributed by atoms with Crippen LogP contribution >= 0.6 is 0 Å². The predicted octanol–water partition coefficient (Wildman–Crippen LogP) is 1.23. The molecule has 2 fully saturated rings. The van der Waals surface area contributed by atoms with Crippen LogP contribution in [0.5, 0.6) is 0 Å². The summed E-state index contributed by atoms with van der Waals surface area (Å²) in [6.07, 6.45) is 10.0. The van der Waals surface area contributed by atoms with Crippen molar-refractivity contribution in [2.75, 3.05) is 19.3 Å². The number of aryl methyl sites for hydroxylation is 1. The zero-order chi connectivity index (χ0) is 17.3. The molecule has 24 heavy (non-hydrogen) atoms. The van der Waals surface area contributed by atoms with Crippen LogP contribution in [0, 0.1) is 0 Å². The number of carbonyl (C=O) groups excluding carboxylic acids is 1. The fourth-order valence-electron chi connectivity index (χ4n) is 3.73. The van der Waals surface area contributed by atoms with E-state index in [0.29, 0.717) is 25.1 Å². The van der Waals surface area contributed by atoms with Gasteiger partial charge in [-0.3, -0.25) is 9.48 Å². The average Bonchev–Trinajstić information content (AvgIpc) is 2.75. The second kappa shape index (κ2) is 6.84. The molecule has 1 aliphatic heterocycles. The van der Waals surface area contributed by atoms with Crippen LogP contribution in [-0.2, 0) is 17.1 Å². The van der Waals surface area contributed by atoms with Crippen LogP contribution in [0.2, 0.25) is 0 Å². The fourth-order valence-corrected chi connectivity index (χ4v) is 5.24. The molecular weight excluding hydrogens is 328 g/mol. The number of likely N-dealkylation sites (tertiary alicyclic amines) is 1. The van der Waals surface area contributed by atoms with Gasteiger partial charge in [0.25, 0.3) is 5.91 Å². The molecule has 2 heterocycles. The van der Waals surface area contributed by atoms with Crippen molar-refractivity contribution < 1.29 is 13.2 Å². The molecule has 8 heteroatoms. The highest BCUT2D eigenvalue weighted by molar-refractivity contribution is 7.88. The van der Waals surface area contributed by atoms with E-state index in [-0.39, 0.29) is 18.0 Å². The zero-order valence-electron chi connectivity index (χ0n) is 14.4. The molecule has 1 aromatic rings. The van der Waals surface area contributed by atoms with Crippen molar-refractivity contribution in [1.29, 1.82) is 0 Å². The van der Waals surface area contributed by atoms with Crippen LogP contribution < -0.4 is 0 Å². The Morgan fingerprint density at radius 1 is 1.17 bits per heavy atom. The third-order valence-electron chi connectivity index (χ3n) is 5.11. The van der Waals surface area contributed by atoms with Crippen LogP contribution in [0.15, 0.2) is 12.4 Å². The highest BCUT2D eigenvalue weighted by atomic mass is 32.2. The minimum atomic E-state index is -3.21. The Morgan fingerprint density at radius 2 is 1.83 bits per heavy atom. The van der Waals surface area contributed by atoms with Gasteiger partial charge >= 0.3 is 0 Å². The summed E-state index contributed by atoms with van der Waals surface area (Å²) in [5, 5.41) is 4.05. The number of carbonyl (C=O) groups is 1. The number of sulfonamides is 1. The number of rotatable bonds is 4. The third-order valence-corrected chi connectivity index (χ3v) is 6.48. The Morgan fingerprint density at radius 3 is 2.38 bits per heavy atom. The van der Waals surface area contributed by atoms with Gasteiger partial charge in [0.1, 0.15) is 0 Å². The Kier molecular flexibility index (Phi) is 4.96. The van der Waals surface area contributed by atoms with Crippen molar-refractivity contribution in [1.82, 2.24) is 19.0 Å². The van der Waals surface area contributed by atoms with E-state index < -0.39 is 10.0 Å². The van der Waals surface area contributed by atoms with E-state index >= 15 is 0 Å². The molecule has 0 N–H and O–H groups in total. The third kappa shape index (κ3) is 3.64. The number of aromatic nitrogens is 2. The quantitative estimate of drug-likeness (QED) is 0.815. The first-order valence-electron chi connectivity index (χ1n) is 8.62. The van der Waals surface area contributed by atoms with Crippen LogP contribution in [-0.4, -0.2) is 64.7 Å². The molecule has 0 unspecified atom stereocenters. The monoisotopic (exact) mass is 354 g/mol. The molecule has 0 spiro atoms. The largest absolute Gasteiger partial charge is 0.338 e. The Hall–Kier alpha value is -1.41. The second-order valence-corrected chi connectivity index (χ2v) is 8.84. The number of nitrogens with zero attached hydrogens (tertiary/aromatic N) is 4. The van der Waals surface area contributed by atoms with E-state index in [1.807, 2.05) is 4.90 Å². The van der Waals surface area contributed by atoms with Crippen molar-refractivity contribution in [2.24, 2.45) is 7.05 Å². The highest BCUT2D eigenvalue weighted by Crippen LogP contribution is 2.32. The summed E-state index contributed by atoms with van der Waals surface area (Å²) in [4.78, 5) is 14.4. The van der Waals surface area contributed by atoms with Gasteiger partial charge in [-0.05, 0) is 32.1 Å². The standard InChI is InChI=1S/C16H26N4O3S/c1-18-12-13(11-17-18)16(21)19-9-4-7-15(8-10-19)20(24(2,22)23)14-5-3-6-14/h11-12,14-15H,3-10H2,1-2H3/t15-/m0/s1. The van der Waals surface area contributed by atoms with Gasteiger partial charge in [0.15, 0.2) is 0 Å². The van der Waals surface area contributed by atoms with E-state index in [0.717, 1.165) is 32.1 Å². The van der Waals surface area contributed by atoms with Crippen LogP contribution in [0.25, 0.3) is 0 Å². The van der Waals surface area contributed by atoms with E-state index in [1.54, 1.807) is 28.4 Å². The van der Waals surface area contributed by atoms with Gasteiger partial charge in [0.05, 0.1) is 18.0 Å². The minimum absolute atomic E-state index is 0.0111. The lowest BCUT2D eigenvalue weighted by atomic mass is 9.91. The first-order chi connectivity index (χ1) is 11.4. The molecule has 1 amide bonds. The highest BCUT2D eigenvalue weighted by Gasteiger charge is 2.37. The normalized spacial score (nSPS) is 23.1. The average molecular weight is 354 g/mol. The molecule has 0 radical (unpaired) electrons. The molecule has 1 aliphatic carbocycles. The predicted molar refractivity (Wildman–Crippen MR) is 91.1 cm³/mol. The topological polar surface area (TPSA) is 75.5 Å². The van der Waals surface area contributed by atoms with Crippen LogP contribution in [0.3, 0.4) is 0 Å². The van der Waals surface area contributed by atoms with E-state index in [4.69, 9.17) is 0 Å². The first-order valence-corrected chi connectivity index (χ1v) is 10.5. The van der Waals surface area contributed by atoms with Crippen molar-refractivity contribution in [2.45, 2.75) is 50.6 Å². The molecular formula is C16H26N4O3S. The van der Waals surface area contributed by atoms with Gasteiger partial charge in [0, 0.05) is 38.4 Å². The lowest BCUT2D eigenvalue weighted by Crippen LogP contribution is -2.50. The summed E-state index contributed by atoms with van der Waals surface area (Å²) in [5.41, 5.74) is 0.593. The number of amides is 1. The molecule has 1 saturated heterocycles. The van der Waals surface area contributed by atoms with Crippen molar-refractivity contribution in [3.05, 3.63) is 18.0 Å². The lowest BCUT2D eigenvalue weighted by molar-refractivity contribution is 0.0757. The lowest BCUT2D eigenvalue weighted by Gasteiger charge is -2.40. The smallest absolute Gasteiger partial charge is 0.257 e. The summed E-state index contributed by atoms with van der Waals surface area (Å²) in [6.45, 7) is 1.27. The maximum atomic E-state index is 12.6. The maximum Gasteiger partial charge on any atom is 0.257 e. The summed E-state index contributed by atoms with van der Waals surface area (Å²) >= 11 is 0. The Bertz CT molecular complexity index is 696. The zero-order valence-corrected chi connectivity index (χ0v) is 15.2. The molecule has 0 aromatic carbocycles. The molecule has 1 aromatic heterocycles. The molecule has 0 bridgehead atoms. The summed E-state index contributed by atoms with van der Waals surface area (Å²) < 4.78 is 27.9.